The minimum Gasteiger partial charge on any atom is -0.0847 e. The van der Waals surface area contributed by atoms with Crippen LogP contribution in [-0.4, -0.2) is 0 Å². The summed E-state index contributed by atoms with van der Waals surface area (Å²) >= 11 is 0. The molecule has 0 aromatic heterocycles. The molecule has 2 saturated carbocycles. The fourth-order valence-electron chi connectivity index (χ4n) is 4.90. The van der Waals surface area contributed by atoms with Gasteiger partial charge in [-0.2, -0.15) is 0 Å². The second-order valence-electron chi connectivity index (χ2n) is 7.99. The highest BCUT2D eigenvalue weighted by molar-refractivity contribution is 5.27. The molecule has 4 aliphatic carbocycles. The van der Waals surface area contributed by atoms with Gasteiger partial charge in [0.25, 0.3) is 0 Å². The summed E-state index contributed by atoms with van der Waals surface area (Å²) in [5, 5.41) is 0. The molecule has 4 atom stereocenters. The Labute approximate surface area is 147 Å². The Morgan fingerprint density at radius 1 is 0.667 bits per heavy atom. The molecule has 4 bridgehead atoms. The highest BCUT2D eigenvalue weighted by atomic mass is 14.3. The molecular formula is C24H30. The summed E-state index contributed by atoms with van der Waals surface area (Å²) in [6.07, 6.45) is 34.2. The molecule has 0 saturated heterocycles. The fraction of sp³-hybridized carbons (Fsp3) is 0.500. The Bertz CT molecular complexity index is 566. The Morgan fingerprint density at radius 2 is 1.12 bits per heavy atom. The minimum absolute atomic E-state index is 0.730. The van der Waals surface area contributed by atoms with Gasteiger partial charge in [-0.3, -0.25) is 0 Å². The van der Waals surface area contributed by atoms with Crippen molar-refractivity contribution in [3.63, 3.8) is 0 Å². The third-order valence-corrected chi connectivity index (χ3v) is 6.21. The molecule has 0 heteroatoms. The van der Waals surface area contributed by atoms with E-state index in [-0.39, 0.29) is 0 Å². The zero-order valence-corrected chi connectivity index (χ0v) is 14.7. The van der Waals surface area contributed by atoms with Crippen LogP contribution in [0, 0.1) is 23.7 Å². The molecule has 0 radical (unpaired) electrons. The zero-order chi connectivity index (χ0) is 16.2. The third kappa shape index (κ3) is 3.74. The third-order valence-electron chi connectivity index (χ3n) is 6.21. The summed E-state index contributed by atoms with van der Waals surface area (Å²) in [6.45, 7) is 0. The number of fused-ring (bicyclic) bond motifs is 4. The van der Waals surface area contributed by atoms with E-state index in [0.29, 0.717) is 0 Å². The highest BCUT2D eigenvalue weighted by Crippen LogP contribution is 2.40. The SMILES string of the molecule is C1=CC2CC(=CCCCCC=C3CC4C=CC=CC3C4)C(C=C1)C2. The summed E-state index contributed by atoms with van der Waals surface area (Å²) in [5.74, 6) is 3.06. The van der Waals surface area contributed by atoms with Crippen molar-refractivity contribution in [3.8, 4) is 0 Å². The molecule has 0 aliphatic heterocycles. The second-order valence-corrected chi connectivity index (χ2v) is 7.99. The average molecular weight is 319 g/mol. The lowest BCUT2D eigenvalue weighted by Gasteiger charge is -2.07. The number of hydrogen-bond acceptors (Lipinski definition) is 0. The summed E-state index contributed by atoms with van der Waals surface area (Å²) < 4.78 is 0. The van der Waals surface area contributed by atoms with Crippen LogP contribution in [0.5, 0.6) is 0 Å². The zero-order valence-electron chi connectivity index (χ0n) is 14.7. The molecule has 4 rings (SSSR count). The van der Waals surface area contributed by atoms with E-state index in [1.807, 2.05) is 0 Å². The van der Waals surface area contributed by atoms with Gasteiger partial charge in [0.1, 0.15) is 0 Å². The fourth-order valence-corrected chi connectivity index (χ4v) is 4.90. The molecule has 0 spiro atoms. The average Bonchev–Trinajstić information content (AvgIpc) is 2.92. The van der Waals surface area contributed by atoms with Crippen LogP contribution in [0.4, 0.5) is 0 Å². The predicted molar refractivity (Wildman–Crippen MR) is 104 cm³/mol. The Morgan fingerprint density at radius 3 is 1.62 bits per heavy atom. The van der Waals surface area contributed by atoms with Gasteiger partial charge in [-0.1, -0.05) is 71.9 Å². The van der Waals surface area contributed by atoms with E-state index in [9.17, 15) is 0 Å². The van der Waals surface area contributed by atoms with Crippen molar-refractivity contribution >= 4 is 0 Å². The summed E-state index contributed by atoms with van der Waals surface area (Å²) in [6, 6.07) is 0. The van der Waals surface area contributed by atoms with Gasteiger partial charge in [0, 0.05) is 0 Å². The van der Waals surface area contributed by atoms with E-state index >= 15 is 0 Å². The van der Waals surface area contributed by atoms with Crippen molar-refractivity contribution < 1.29 is 0 Å². The Balaban J connectivity index is 1.20. The van der Waals surface area contributed by atoms with Gasteiger partial charge >= 0.3 is 0 Å². The van der Waals surface area contributed by atoms with Crippen LogP contribution in [0.15, 0.2) is 71.9 Å². The number of hydrogen-bond donors (Lipinski definition) is 0. The largest absolute Gasteiger partial charge is 0.0847 e. The van der Waals surface area contributed by atoms with E-state index in [2.05, 4.69) is 60.8 Å². The molecule has 0 nitrogen and oxygen atoms in total. The van der Waals surface area contributed by atoms with Crippen LogP contribution in [0.3, 0.4) is 0 Å². The van der Waals surface area contributed by atoms with E-state index in [1.54, 1.807) is 11.1 Å². The quantitative estimate of drug-likeness (QED) is 0.390. The van der Waals surface area contributed by atoms with Crippen molar-refractivity contribution in [2.45, 2.75) is 51.4 Å². The maximum atomic E-state index is 2.56. The normalized spacial score (nSPS) is 36.7. The maximum absolute atomic E-state index is 2.56. The van der Waals surface area contributed by atoms with E-state index < -0.39 is 0 Å². The van der Waals surface area contributed by atoms with Crippen molar-refractivity contribution in [1.82, 2.24) is 0 Å². The number of allylic oxidation sites excluding steroid dienone is 12. The molecule has 4 aliphatic rings. The first-order valence-electron chi connectivity index (χ1n) is 9.96. The van der Waals surface area contributed by atoms with Gasteiger partial charge in [-0.25, -0.2) is 0 Å². The van der Waals surface area contributed by atoms with Gasteiger partial charge < -0.3 is 0 Å². The molecule has 0 aromatic rings. The first-order chi connectivity index (χ1) is 11.9. The highest BCUT2D eigenvalue weighted by Gasteiger charge is 2.27. The van der Waals surface area contributed by atoms with Crippen LogP contribution < -0.4 is 0 Å². The maximum Gasteiger partial charge on any atom is -0.00142 e. The van der Waals surface area contributed by atoms with Gasteiger partial charge in [-0.15, -0.1) is 0 Å². The van der Waals surface area contributed by atoms with Crippen molar-refractivity contribution in [2.24, 2.45) is 23.7 Å². The predicted octanol–water partition coefficient (Wildman–Crippen LogP) is 6.70. The molecule has 4 unspecified atom stereocenters. The van der Waals surface area contributed by atoms with Crippen LogP contribution in [0.2, 0.25) is 0 Å². The van der Waals surface area contributed by atoms with Crippen molar-refractivity contribution in [2.75, 3.05) is 0 Å². The van der Waals surface area contributed by atoms with Gasteiger partial charge in [0.15, 0.2) is 0 Å². The molecule has 0 heterocycles. The molecule has 2 fully saturated rings. The van der Waals surface area contributed by atoms with E-state index in [0.717, 1.165) is 23.7 Å². The Hall–Kier alpha value is -1.56. The van der Waals surface area contributed by atoms with Crippen LogP contribution in [0.1, 0.15) is 51.4 Å². The standard InChI is InChI=1S/C24H30/c1(3-11-21-15-19-9-5-7-13-23(21)17-19)2-4-12-22-16-20-10-6-8-14-24(22)18-20/h5-14,19-20,23-24H,1-4,15-18H2. The van der Waals surface area contributed by atoms with E-state index in [4.69, 9.17) is 0 Å². The number of rotatable bonds is 5. The monoisotopic (exact) mass is 318 g/mol. The van der Waals surface area contributed by atoms with Gasteiger partial charge in [-0.05, 0) is 75.0 Å². The topological polar surface area (TPSA) is 0 Å². The van der Waals surface area contributed by atoms with Gasteiger partial charge in [0.05, 0.1) is 0 Å². The van der Waals surface area contributed by atoms with Crippen molar-refractivity contribution in [3.05, 3.63) is 71.9 Å². The Kier molecular flexibility index (Phi) is 5.02. The van der Waals surface area contributed by atoms with Crippen molar-refractivity contribution in [1.29, 1.82) is 0 Å². The lowest BCUT2D eigenvalue weighted by molar-refractivity contribution is 0.650. The molecule has 24 heavy (non-hydrogen) atoms. The second kappa shape index (κ2) is 7.55. The lowest BCUT2D eigenvalue weighted by atomic mass is 9.99. The van der Waals surface area contributed by atoms with Crippen LogP contribution >= 0.6 is 0 Å². The lowest BCUT2D eigenvalue weighted by Crippen LogP contribution is -1.92. The number of unbranched alkanes of at least 4 members (excludes halogenated alkanes) is 3. The summed E-state index contributed by atoms with van der Waals surface area (Å²) in [4.78, 5) is 0. The first-order valence-corrected chi connectivity index (χ1v) is 9.96. The van der Waals surface area contributed by atoms with Crippen LogP contribution in [0.25, 0.3) is 0 Å². The molecule has 0 N–H and O–H groups in total. The molecule has 0 aromatic carbocycles. The first kappa shape index (κ1) is 15.9. The molecule has 0 amide bonds. The smallest absolute Gasteiger partial charge is 0.00142 e. The molecule has 126 valence electrons. The van der Waals surface area contributed by atoms with Gasteiger partial charge in [0.2, 0.25) is 0 Å². The van der Waals surface area contributed by atoms with Crippen LogP contribution in [-0.2, 0) is 0 Å². The summed E-state index contributed by atoms with van der Waals surface area (Å²) in [5.41, 5.74) is 3.41. The van der Waals surface area contributed by atoms with E-state index in [1.165, 1.54) is 51.4 Å². The minimum atomic E-state index is 0.730. The molecular weight excluding hydrogens is 288 g/mol. The summed E-state index contributed by atoms with van der Waals surface area (Å²) in [7, 11) is 0.